The number of likely N-dealkylation sites (tertiary alicyclic amines) is 1. The lowest BCUT2D eigenvalue weighted by molar-refractivity contribution is -0.137. The van der Waals surface area contributed by atoms with Crippen LogP contribution in [0.5, 0.6) is 0 Å². The van der Waals surface area contributed by atoms with Crippen LogP contribution in [0.15, 0.2) is 42.6 Å². The number of carbonyl (C=O) groups excluding carboxylic acids is 1. The largest absolute Gasteiger partial charge is 0.357 e. The molecule has 3 heterocycles. The number of carbonyl (C=O) groups is 1. The number of aromatic nitrogens is 1. The highest BCUT2D eigenvalue weighted by molar-refractivity contribution is 5.79. The standard InChI is InChI=1S/C24H27FN4O/c1-24(20-3-5-21(25)6-4-20)10-14-29(15-11-24)23(30)19-8-12-28(13-9-19)22-7-2-18(16-26)17-27-22/h2-7,17,19H,8-15H2,1H3. The van der Waals surface area contributed by atoms with Crippen molar-refractivity contribution in [3.05, 3.63) is 59.5 Å². The molecule has 1 amide bonds. The average Bonchev–Trinajstić information content (AvgIpc) is 2.80. The van der Waals surface area contributed by atoms with Gasteiger partial charge in [-0.3, -0.25) is 4.79 Å². The van der Waals surface area contributed by atoms with Gasteiger partial charge in [-0.05, 0) is 60.9 Å². The topological polar surface area (TPSA) is 60.2 Å². The number of piperidine rings is 2. The molecule has 5 nitrogen and oxygen atoms in total. The maximum Gasteiger partial charge on any atom is 0.225 e. The van der Waals surface area contributed by atoms with Gasteiger partial charge in [-0.2, -0.15) is 5.26 Å². The number of pyridine rings is 1. The van der Waals surface area contributed by atoms with E-state index in [2.05, 4.69) is 22.9 Å². The Labute approximate surface area is 177 Å². The van der Waals surface area contributed by atoms with Crippen LogP contribution in [0.3, 0.4) is 0 Å². The van der Waals surface area contributed by atoms with Gasteiger partial charge >= 0.3 is 0 Å². The summed E-state index contributed by atoms with van der Waals surface area (Å²) in [5.74, 6) is 0.990. The van der Waals surface area contributed by atoms with Crippen molar-refractivity contribution >= 4 is 11.7 Å². The van der Waals surface area contributed by atoms with Crippen molar-refractivity contribution in [1.29, 1.82) is 5.26 Å². The van der Waals surface area contributed by atoms with Crippen LogP contribution in [0.2, 0.25) is 0 Å². The maximum atomic E-state index is 13.2. The lowest BCUT2D eigenvalue weighted by Crippen LogP contribution is -2.48. The molecule has 2 aromatic rings. The summed E-state index contributed by atoms with van der Waals surface area (Å²) in [5, 5.41) is 8.91. The highest BCUT2D eigenvalue weighted by atomic mass is 19.1. The lowest BCUT2D eigenvalue weighted by Gasteiger charge is -2.42. The number of hydrogen-bond acceptors (Lipinski definition) is 4. The van der Waals surface area contributed by atoms with Gasteiger partial charge in [0.25, 0.3) is 0 Å². The van der Waals surface area contributed by atoms with Gasteiger partial charge < -0.3 is 9.80 Å². The predicted molar refractivity (Wildman–Crippen MR) is 113 cm³/mol. The summed E-state index contributed by atoms with van der Waals surface area (Å²) in [7, 11) is 0. The summed E-state index contributed by atoms with van der Waals surface area (Å²) in [6.07, 6.45) is 5.05. The van der Waals surface area contributed by atoms with E-state index >= 15 is 0 Å². The minimum atomic E-state index is -0.211. The Balaban J connectivity index is 1.31. The van der Waals surface area contributed by atoms with Gasteiger partial charge in [0.2, 0.25) is 5.91 Å². The minimum Gasteiger partial charge on any atom is -0.357 e. The molecule has 1 aromatic heterocycles. The second kappa shape index (κ2) is 8.43. The number of benzene rings is 1. The smallest absolute Gasteiger partial charge is 0.225 e. The summed E-state index contributed by atoms with van der Waals surface area (Å²) in [5.41, 5.74) is 1.70. The molecule has 6 heteroatoms. The molecule has 0 saturated carbocycles. The molecule has 4 rings (SSSR count). The molecule has 0 unspecified atom stereocenters. The van der Waals surface area contributed by atoms with E-state index in [1.165, 1.54) is 12.1 Å². The molecule has 30 heavy (non-hydrogen) atoms. The Hall–Kier alpha value is -2.94. The quantitative estimate of drug-likeness (QED) is 0.776. The highest BCUT2D eigenvalue weighted by Gasteiger charge is 2.36. The zero-order valence-corrected chi connectivity index (χ0v) is 17.4. The third-order valence-corrected chi connectivity index (χ3v) is 6.76. The number of halogens is 1. The summed E-state index contributed by atoms with van der Waals surface area (Å²) >= 11 is 0. The van der Waals surface area contributed by atoms with Crippen LogP contribution < -0.4 is 4.90 Å². The van der Waals surface area contributed by atoms with E-state index in [-0.39, 0.29) is 23.1 Å². The van der Waals surface area contributed by atoms with Crippen LogP contribution >= 0.6 is 0 Å². The normalized spacial score (nSPS) is 19.4. The molecule has 2 fully saturated rings. The summed E-state index contributed by atoms with van der Waals surface area (Å²) in [6, 6.07) is 12.5. The van der Waals surface area contributed by atoms with E-state index in [4.69, 9.17) is 5.26 Å². The van der Waals surface area contributed by atoms with Gasteiger partial charge in [0.1, 0.15) is 17.7 Å². The van der Waals surface area contributed by atoms with Crippen molar-refractivity contribution in [3.63, 3.8) is 0 Å². The lowest BCUT2D eigenvalue weighted by atomic mass is 9.74. The van der Waals surface area contributed by atoms with E-state index in [9.17, 15) is 9.18 Å². The molecule has 2 aliphatic heterocycles. The van der Waals surface area contributed by atoms with Crippen molar-refractivity contribution in [2.24, 2.45) is 5.92 Å². The highest BCUT2D eigenvalue weighted by Crippen LogP contribution is 2.36. The average molecular weight is 407 g/mol. The van der Waals surface area contributed by atoms with Crippen LogP contribution in [0.25, 0.3) is 0 Å². The predicted octanol–water partition coefficient (Wildman–Crippen LogP) is 3.89. The maximum absolute atomic E-state index is 13.2. The fourth-order valence-corrected chi connectivity index (χ4v) is 4.61. The first kappa shape index (κ1) is 20.3. The Bertz CT molecular complexity index is 919. The SMILES string of the molecule is CC1(c2ccc(F)cc2)CCN(C(=O)C2CCN(c3ccc(C#N)cn3)CC2)CC1. The van der Waals surface area contributed by atoms with E-state index in [1.807, 2.05) is 23.1 Å². The van der Waals surface area contributed by atoms with Gasteiger partial charge in [-0.15, -0.1) is 0 Å². The van der Waals surface area contributed by atoms with Gasteiger partial charge in [-0.1, -0.05) is 19.1 Å². The van der Waals surface area contributed by atoms with Crippen LogP contribution in [0, 0.1) is 23.1 Å². The van der Waals surface area contributed by atoms with Crippen molar-refractivity contribution in [3.8, 4) is 6.07 Å². The van der Waals surface area contributed by atoms with E-state index in [1.54, 1.807) is 12.3 Å². The number of amides is 1. The monoisotopic (exact) mass is 406 g/mol. The van der Waals surface area contributed by atoms with Crippen LogP contribution in [0.1, 0.15) is 43.7 Å². The summed E-state index contributed by atoms with van der Waals surface area (Å²) < 4.78 is 13.2. The van der Waals surface area contributed by atoms with Crippen molar-refractivity contribution < 1.29 is 9.18 Å². The number of rotatable bonds is 3. The second-order valence-corrected chi connectivity index (χ2v) is 8.67. The molecule has 0 bridgehead atoms. The molecule has 2 aliphatic rings. The molecule has 0 atom stereocenters. The molecule has 0 aliphatic carbocycles. The summed E-state index contributed by atoms with van der Waals surface area (Å²) in [4.78, 5) is 21.7. The molecular formula is C24H27FN4O. The van der Waals surface area contributed by atoms with Gasteiger partial charge in [0.05, 0.1) is 5.56 Å². The van der Waals surface area contributed by atoms with E-state index < -0.39 is 0 Å². The first-order chi connectivity index (χ1) is 14.5. The molecule has 0 spiro atoms. The minimum absolute atomic E-state index is 0.00486. The molecule has 156 valence electrons. The van der Waals surface area contributed by atoms with Crippen molar-refractivity contribution in [2.45, 2.75) is 38.0 Å². The third kappa shape index (κ3) is 4.16. The van der Waals surface area contributed by atoms with Crippen molar-refractivity contribution in [2.75, 3.05) is 31.1 Å². The Morgan fingerprint density at radius 3 is 2.33 bits per heavy atom. The fraction of sp³-hybridized carbons (Fsp3) is 0.458. The van der Waals surface area contributed by atoms with E-state index in [0.717, 1.165) is 63.2 Å². The molecule has 0 radical (unpaired) electrons. The number of nitrogens with zero attached hydrogens (tertiary/aromatic N) is 4. The Kier molecular flexibility index (Phi) is 5.72. The second-order valence-electron chi connectivity index (χ2n) is 8.67. The zero-order valence-electron chi connectivity index (χ0n) is 17.4. The fourth-order valence-electron chi connectivity index (χ4n) is 4.61. The van der Waals surface area contributed by atoms with E-state index in [0.29, 0.717) is 5.56 Å². The first-order valence-corrected chi connectivity index (χ1v) is 10.6. The van der Waals surface area contributed by atoms with Gasteiger partial charge in [0.15, 0.2) is 0 Å². The van der Waals surface area contributed by atoms with Crippen LogP contribution in [-0.4, -0.2) is 42.0 Å². The number of nitriles is 1. The Morgan fingerprint density at radius 2 is 1.77 bits per heavy atom. The molecule has 2 saturated heterocycles. The zero-order chi connectivity index (χ0) is 21.1. The summed E-state index contributed by atoms with van der Waals surface area (Å²) in [6.45, 7) is 5.33. The number of hydrogen-bond donors (Lipinski definition) is 0. The van der Waals surface area contributed by atoms with Crippen molar-refractivity contribution in [1.82, 2.24) is 9.88 Å². The van der Waals surface area contributed by atoms with Gasteiger partial charge in [-0.25, -0.2) is 9.37 Å². The molecule has 0 N–H and O–H groups in total. The first-order valence-electron chi connectivity index (χ1n) is 10.6. The van der Waals surface area contributed by atoms with Crippen LogP contribution in [0.4, 0.5) is 10.2 Å². The Morgan fingerprint density at radius 1 is 1.10 bits per heavy atom. The molecule has 1 aromatic carbocycles. The van der Waals surface area contributed by atoms with Crippen LogP contribution in [-0.2, 0) is 10.2 Å². The molecular weight excluding hydrogens is 379 g/mol. The number of anilines is 1. The van der Waals surface area contributed by atoms with Gasteiger partial charge in [0, 0.05) is 38.3 Å². The third-order valence-electron chi connectivity index (χ3n) is 6.76.